The van der Waals surface area contributed by atoms with Gasteiger partial charge in [0, 0.05) is 19.5 Å². The second-order valence-corrected chi connectivity index (χ2v) is 6.57. The van der Waals surface area contributed by atoms with E-state index in [1.807, 2.05) is 0 Å². The van der Waals surface area contributed by atoms with Gasteiger partial charge in [0.1, 0.15) is 0 Å². The summed E-state index contributed by atoms with van der Waals surface area (Å²) in [6.45, 7) is 2.42. The lowest BCUT2D eigenvalue weighted by molar-refractivity contribution is -0.142. The first-order chi connectivity index (χ1) is 8.85. The van der Waals surface area contributed by atoms with Crippen molar-refractivity contribution in [2.45, 2.75) is 26.2 Å². The van der Waals surface area contributed by atoms with Crippen LogP contribution in [0.3, 0.4) is 0 Å². The van der Waals surface area contributed by atoms with Crippen LogP contribution in [0.1, 0.15) is 26.2 Å². The Morgan fingerprint density at radius 3 is 2.68 bits per heavy atom. The lowest BCUT2D eigenvalue weighted by Gasteiger charge is -2.15. The molecular formula is C11H19NO6S. The van der Waals surface area contributed by atoms with Gasteiger partial charge in [-0.25, -0.2) is 12.7 Å². The van der Waals surface area contributed by atoms with Crippen LogP contribution in [0.5, 0.6) is 0 Å². The van der Waals surface area contributed by atoms with Crippen molar-refractivity contribution in [3.8, 4) is 0 Å². The molecule has 1 heterocycles. The standard InChI is InChI=1S/C11H19NO6S/c1-2-18-11(15)4-6-19(16,17)12-5-3-9(8-12)7-10(13)14/h9H,2-8H2,1H3,(H,13,14). The van der Waals surface area contributed by atoms with E-state index in [1.165, 1.54) is 4.31 Å². The number of carbonyl (C=O) groups is 2. The molecular weight excluding hydrogens is 274 g/mol. The normalized spacial score (nSPS) is 20.4. The zero-order chi connectivity index (χ0) is 14.5. The summed E-state index contributed by atoms with van der Waals surface area (Å²) >= 11 is 0. The molecule has 8 heteroatoms. The number of rotatable bonds is 7. The van der Waals surface area contributed by atoms with Crippen LogP contribution >= 0.6 is 0 Å². The maximum atomic E-state index is 11.9. The molecule has 110 valence electrons. The zero-order valence-corrected chi connectivity index (χ0v) is 11.7. The van der Waals surface area contributed by atoms with Crippen LogP contribution < -0.4 is 0 Å². The first kappa shape index (κ1) is 15.9. The highest BCUT2D eigenvalue weighted by Crippen LogP contribution is 2.22. The van der Waals surface area contributed by atoms with Gasteiger partial charge in [-0.2, -0.15) is 0 Å². The third kappa shape index (κ3) is 5.15. The number of ether oxygens (including phenoxy) is 1. The van der Waals surface area contributed by atoms with Gasteiger partial charge in [0.15, 0.2) is 0 Å². The summed E-state index contributed by atoms with van der Waals surface area (Å²) in [4.78, 5) is 21.7. The Morgan fingerprint density at radius 2 is 2.11 bits per heavy atom. The average molecular weight is 293 g/mol. The molecule has 1 N–H and O–H groups in total. The Hall–Kier alpha value is -1.15. The molecule has 0 spiro atoms. The van der Waals surface area contributed by atoms with Gasteiger partial charge in [-0.05, 0) is 19.3 Å². The summed E-state index contributed by atoms with van der Waals surface area (Å²) in [6.07, 6.45) is 0.352. The molecule has 0 saturated carbocycles. The van der Waals surface area contributed by atoms with Crippen LogP contribution in [0, 0.1) is 5.92 Å². The molecule has 0 bridgehead atoms. The predicted molar refractivity (Wildman–Crippen MR) is 67.0 cm³/mol. The minimum absolute atomic E-state index is 0.0239. The van der Waals surface area contributed by atoms with E-state index in [0.29, 0.717) is 13.0 Å². The summed E-state index contributed by atoms with van der Waals surface area (Å²) in [6, 6.07) is 0. The molecule has 0 aromatic rings. The molecule has 1 unspecified atom stereocenters. The highest BCUT2D eigenvalue weighted by atomic mass is 32.2. The molecule has 1 atom stereocenters. The third-order valence-electron chi connectivity index (χ3n) is 2.97. The molecule has 7 nitrogen and oxygen atoms in total. The average Bonchev–Trinajstić information content (AvgIpc) is 2.75. The van der Waals surface area contributed by atoms with Crippen molar-refractivity contribution in [2.75, 3.05) is 25.4 Å². The number of esters is 1. The third-order valence-corrected chi connectivity index (χ3v) is 4.81. The van der Waals surface area contributed by atoms with Crippen LogP contribution in [0.15, 0.2) is 0 Å². The van der Waals surface area contributed by atoms with E-state index >= 15 is 0 Å². The van der Waals surface area contributed by atoms with Crippen molar-refractivity contribution < 1.29 is 27.9 Å². The van der Waals surface area contributed by atoms with E-state index in [2.05, 4.69) is 4.74 Å². The van der Waals surface area contributed by atoms with Crippen LogP contribution in [-0.2, 0) is 24.3 Å². The molecule has 1 aliphatic rings. The van der Waals surface area contributed by atoms with E-state index in [-0.39, 0.29) is 37.7 Å². The van der Waals surface area contributed by atoms with Crippen LogP contribution in [0.2, 0.25) is 0 Å². The van der Waals surface area contributed by atoms with Crippen molar-refractivity contribution in [2.24, 2.45) is 5.92 Å². The van der Waals surface area contributed by atoms with Crippen molar-refractivity contribution >= 4 is 22.0 Å². The minimum Gasteiger partial charge on any atom is -0.481 e. The van der Waals surface area contributed by atoms with E-state index in [4.69, 9.17) is 5.11 Å². The smallest absolute Gasteiger partial charge is 0.306 e. The number of hydrogen-bond donors (Lipinski definition) is 1. The first-order valence-corrected chi connectivity index (χ1v) is 7.81. The first-order valence-electron chi connectivity index (χ1n) is 6.20. The van der Waals surface area contributed by atoms with Crippen molar-refractivity contribution in [1.29, 1.82) is 0 Å². The summed E-state index contributed by atoms with van der Waals surface area (Å²) in [5, 5.41) is 8.67. The van der Waals surface area contributed by atoms with E-state index < -0.39 is 22.0 Å². The number of aliphatic carboxylic acids is 1. The predicted octanol–water partition coefficient (Wildman–Crippen LogP) is 0.0660. The molecule has 0 aromatic heterocycles. The number of carboxylic acids is 1. The maximum absolute atomic E-state index is 11.9. The summed E-state index contributed by atoms with van der Waals surface area (Å²) in [5.41, 5.74) is 0. The molecule has 0 aliphatic carbocycles. The Kier molecular flexibility index (Phi) is 5.74. The van der Waals surface area contributed by atoms with E-state index in [0.717, 1.165) is 0 Å². The van der Waals surface area contributed by atoms with Gasteiger partial charge in [-0.1, -0.05) is 0 Å². The van der Waals surface area contributed by atoms with Crippen molar-refractivity contribution in [3.63, 3.8) is 0 Å². The van der Waals surface area contributed by atoms with Crippen LogP contribution in [-0.4, -0.2) is 55.2 Å². The lowest BCUT2D eigenvalue weighted by atomic mass is 10.1. The largest absolute Gasteiger partial charge is 0.481 e. The fourth-order valence-corrected chi connectivity index (χ4v) is 3.54. The van der Waals surface area contributed by atoms with Crippen LogP contribution in [0.25, 0.3) is 0 Å². The second-order valence-electron chi connectivity index (χ2n) is 4.48. The Labute approximate surface area is 112 Å². The van der Waals surface area contributed by atoms with Gasteiger partial charge in [0.25, 0.3) is 0 Å². The Balaban J connectivity index is 2.46. The number of nitrogens with zero attached hydrogens (tertiary/aromatic N) is 1. The summed E-state index contributed by atoms with van der Waals surface area (Å²) in [5.74, 6) is -1.89. The number of hydrogen-bond acceptors (Lipinski definition) is 5. The minimum atomic E-state index is -3.50. The highest BCUT2D eigenvalue weighted by Gasteiger charge is 2.32. The van der Waals surface area contributed by atoms with Gasteiger partial charge < -0.3 is 9.84 Å². The molecule has 19 heavy (non-hydrogen) atoms. The monoisotopic (exact) mass is 293 g/mol. The fraction of sp³-hybridized carbons (Fsp3) is 0.818. The molecule has 0 aromatic carbocycles. The summed E-state index contributed by atoms with van der Waals surface area (Å²) in [7, 11) is -3.50. The molecule has 0 radical (unpaired) electrons. The number of carboxylic acid groups (broad SMARTS) is 1. The second kappa shape index (κ2) is 6.85. The maximum Gasteiger partial charge on any atom is 0.306 e. The number of carbonyl (C=O) groups excluding carboxylic acids is 1. The molecule has 1 fully saturated rings. The van der Waals surface area contributed by atoms with E-state index in [1.54, 1.807) is 6.92 Å². The zero-order valence-electron chi connectivity index (χ0n) is 10.9. The van der Waals surface area contributed by atoms with Crippen molar-refractivity contribution in [3.05, 3.63) is 0 Å². The fourth-order valence-electron chi connectivity index (χ4n) is 2.04. The van der Waals surface area contributed by atoms with Gasteiger partial charge in [-0.15, -0.1) is 0 Å². The molecule has 1 rings (SSSR count). The number of sulfonamides is 1. The molecule has 1 aliphatic heterocycles. The molecule has 1 saturated heterocycles. The summed E-state index contributed by atoms with van der Waals surface area (Å²) < 4.78 is 29.8. The van der Waals surface area contributed by atoms with E-state index in [9.17, 15) is 18.0 Å². The lowest BCUT2D eigenvalue weighted by Crippen LogP contribution is -2.32. The Bertz CT molecular complexity index is 432. The Morgan fingerprint density at radius 1 is 1.42 bits per heavy atom. The van der Waals surface area contributed by atoms with Gasteiger partial charge in [0.2, 0.25) is 10.0 Å². The van der Waals surface area contributed by atoms with Gasteiger partial charge in [0.05, 0.1) is 18.8 Å². The van der Waals surface area contributed by atoms with Gasteiger partial charge in [-0.3, -0.25) is 9.59 Å². The van der Waals surface area contributed by atoms with Crippen LogP contribution in [0.4, 0.5) is 0 Å². The van der Waals surface area contributed by atoms with Crippen molar-refractivity contribution in [1.82, 2.24) is 4.31 Å². The highest BCUT2D eigenvalue weighted by molar-refractivity contribution is 7.89. The molecule has 0 amide bonds. The quantitative estimate of drug-likeness (QED) is 0.666. The topological polar surface area (TPSA) is 101 Å². The SMILES string of the molecule is CCOC(=O)CCS(=O)(=O)N1CCC(CC(=O)O)C1. The van der Waals surface area contributed by atoms with Gasteiger partial charge >= 0.3 is 11.9 Å².